The summed E-state index contributed by atoms with van der Waals surface area (Å²) >= 11 is 0. The summed E-state index contributed by atoms with van der Waals surface area (Å²) in [6.07, 6.45) is 4.94. The lowest BCUT2D eigenvalue weighted by Crippen LogP contribution is -2.04. The van der Waals surface area contributed by atoms with E-state index in [1.807, 2.05) is 0 Å². The third-order valence-electron chi connectivity index (χ3n) is 2.58. The molecular formula is C15H12FNO2. The lowest BCUT2D eigenvalue weighted by atomic mass is 10.0. The number of esters is 1. The van der Waals surface area contributed by atoms with Crippen LogP contribution in [0.2, 0.25) is 0 Å². The van der Waals surface area contributed by atoms with E-state index in [1.165, 1.54) is 19.2 Å². The van der Waals surface area contributed by atoms with Crippen LogP contribution in [0.25, 0.3) is 11.6 Å². The van der Waals surface area contributed by atoms with Gasteiger partial charge in [-0.3, -0.25) is 4.98 Å². The number of pyridine rings is 1. The quantitative estimate of drug-likeness (QED) is 0.627. The molecule has 0 bridgehead atoms. The summed E-state index contributed by atoms with van der Waals surface area (Å²) in [7, 11) is 1.31. The first kappa shape index (κ1) is 13.0. The van der Waals surface area contributed by atoms with Gasteiger partial charge >= 0.3 is 5.97 Å². The summed E-state index contributed by atoms with van der Waals surface area (Å²) in [5.41, 5.74) is 1.79. The van der Waals surface area contributed by atoms with Crippen LogP contribution in [0.15, 0.2) is 48.8 Å². The van der Waals surface area contributed by atoms with E-state index < -0.39 is 5.97 Å². The number of hydrogen-bond acceptors (Lipinski definition) is 3. The molecule has 0 atom stereocenters. The molecule has 1 aromatic carbocycles. The lowest BCUT2D eigenvalue weighted by molar-refractivity contribution is -0.133. The number of carbonyl (C=O) groups is 1. The van der Waals surface area contributed by atoms with Gasteiger partial charge in [0, 0.05) is 12.4 Å². The Kier molecular flexibility index (Phi) is 4.03. The highest BCUT2D eigenvalue weighted by molar-refractivity contribution is 6.21. The normalized spacial score (nSPS) is 11.2. The van der Waals surface area contributed by atoms with Gasteiger partial charge in [-0.25, -0.2) is 9.18 Å². The maximum Gasteiger partial charge on any atom is 0.338 e. The molecular weight excluding hydrogens is 245 g/mol. The standard InChI is InChI=1S/C15H12FNO2/c1-19-15(18)14(10-11-6-8-17-9-7-11)12-2-4-13(16)5-3-12/h2-10H,1H3/b14-10+. The second kappa shape index (κ2) is 5.91. The van der Waals surface area contributed by atoms with Crippen LogP contribution >= 0.6 is 0 Å². The topological polar surface area (TPSA) is 39.2 Å². The third-order valence-corrected chi connectivity index (χ3v) is 2.58. The van der Waals surface area contributed by atoms with Crippen LogP contribution in [0, 0.1) is 5.82 Å². The van der Waals surface area contributed by atoms with Gasteiger partial charge in [-0.1, -0.05) is 12.1 Å². The van der Waals surface area contributed by atoms with Gasteiger partial charge in [-0.05, 0) is 41.5 Å². The molecule has 0 saturated heterocycles. The van der Waals surface area contributed by atoms with Gasteiger partial charge < -0.3 is 4.74 Å². The number of nitrogens with zero attached hydrogens (tertiary/aromatic N) is 1. The number of rotatable bonds is 3. The molecule has 0 amide bonds. The Morgan fingerprint density at radius 2 is 1.79 bits per heavy atom. The Morgan fingerprint density at radius 3 is 2.37 bits per heavy atom. The summed E-state index contributed by atoms with van der Waals surface area (Å²) in [6, 6.07) is 9.23. The molecule has 0 aliphatic heterocycles. The van der Waals surface area contributed by atoms with Crippen molar-refractivity contribution in [2.24, 2.45) is 0 Å². The molecule has 0 unspecified atom stereocenters. The molecule has 3 nitrogen and oxygen atoms in total. The molecule has 0 spiro atoms. The molecule has 1 aromatic heterocycles. The second-order valence-corrected chi connectivity index (χ2v) is 3.84. The van der Waals surface area contributed by atoms with Crippen molar-refractivity contribution in [3.8, 4) is 0 Å². The molecule has 2 aromatic rings. The molecule has 4 heteroatoms. The SMILES string of the molecule is COC(=O)/C(=C/c1ccncc1)c1ccc(F)cc1. The smallest absolute Gasteiger partial charge is 0.338 e. The first-order valence-electron chi connectivity index (χ1n) is 5.66. The molecule has 1 heterocycles. The Morgan fingerprint density at radius 1 is 1.16 bits per heavy atom. The molecule has 0 N–H and O–H groups in total. The van der Waals surface area contributed by atoms with Crippen molar-refractivity contribution in [3.05, 3.63) is 65.7 Å². The average molecular weight is 257 g/mol. The van der Waals surface area contributed by atoms with Crippen LogP contribution in [0.1, 0.15) is 11.1 Å². The van der Waals surface area contributed by atoms with Crippen molar-refractivity contribution < 1.29 is 13.9 Å². The van der Waals surface area contributed by atoms with E-state index in [0.717, 1.165) is 5.56 Å². The van der Waals surface area contributed by atoms with Crippen molar-refractivity contribution >= 4 is 17.6 Å². The zero-order valence-electron chi connectivity index (χ0n) is 10.3. The van der Waals surface area contributed by atoms with Crippen LogP contribution in [-0.2, 0) is 9.53 Å². The molecule has 0 saturated carbocycles. The van der Waals surface area contributed by atoms with Gasteiger partial charge in [0.2, 0.25) is 0 Å². The lowest BCUT2D eigenvalue weighted by Gasteiger charge is -2.06. The molecule has 0 radical (unpaired) electrons. The molecule has 19 heavy (non-hydrogen) atoms. The van der Waals surface area contributed by atoms with Gasteiger partial charge in [-0.2, -0.15) is 0 Å². The minimum Gasteiger partial charge on any atom is -0.465 e. The fourth-order valence-corrected chi connectivity index (χ4v) is 1.63. The fraction of sp³-hybridized carbons (Fsp3) is 0.0667. The van der Waals surface area contributed by atoms with Crippen molar-refractivity contribution in [2.75, 3.05) is 7.11 Å². The van der Waals surface area contributed by atoms with Gasteiger partial charge in [0.25, 0.3) is 0 Å². The summed E-state index contributed by atoms with van der Waals surface area (Å²) in [6.45, 7) is 0. The largest absolute Gasteiger partial charge is 0.465 e. The predicted molar refractivity (Wildman–Crippen MR) is 70.5 cm³/mol. The van der Waals surface area contributed by atoms with E-state index in [1.54, 1.807) is 42.7 Å². The van der Waals surface area contributed by atoms with Crippen molar-refractivity contribution in [1.29, 1.82) is 0 Å². The number of benzene rings is 1. The number of carbonyl (C=O) groups excluding carboxylic acids is 1. The molecule has 0 aliphatic rings. The maximum atomic E-state index is 12.9. The third kappa shape index (κ3) is 3.25. The summed E-state index contributed by atoms with van der Waals surface area (Å²) < 4.78 is 17.7. The highest BCUT2D eigenvalue weighted by atomic mass is 19.1. The van der Waals surface area contributed by atoms with Gasteiger partial charge in [0.05, 0.1) is 12.7 Å². The van der Waals surface area contributed by atoms with Crippen LogP contribution in [0.3, 0.4) is 0 Å². The van der Waals surface area contributed by atoms with Crippen molar-refractivity contribution in [3.63, 3.8) is 0 Å². The highest BCUT2D eigenvalue weighted by Gasteiger charge is 2.12. The van der Waals surface area contributed by atoms with E-state index in [-0.39, 0.29) is 5.82 Å². The molecule has 0 aliphatic carbocycles. The monoisotopic (exact) mass is 257 g/mol. The Hall–Kier alpha value is -2.49. The number of methoxy groups -OCH3 is 1. The number of aromatic nitrogens is 1. The second-order valence-electron chi connectivity index (χ2n) is 3.84. The number of hydrogen-bond donors (Lipinski definition) is 0. The summed E-state index contributed by atoms with van der Waals surface area (Å²) in [4.78, 5) is 15.7. The minimum absolute atomic E-state index is 0.350. The van der Waals surface area contributed by atoms with E-state index in [0.29, 0.717) is 11.1 Å². The maximum absolute atomic E-state index is 12.9. The zero-order chi connectivity index (χ0) is 13.7. The summed E-state index contributed by atoms with van der Waals surface area (Å²) in [5.74, 6) is -0.819. The van der Waals surface area contributed by atoms with Gasteiger partial charge in [-0.15, -0.1) is 0 Å². The van der Waals surface area contributed by atoms with Crippen molar-refractivity contribution in [2.45, 2.75) is 0 Å². The predicted octanol–water partition coefficient (Wildman–Crippen LogP) is 2.93. The fourth-order valence-electron chi connectivity index (χ4n) is 1.63. The number of halogens is 1. The minimum atomic E-state index is -0.469. The number of ether oxygens (including phenoxy) is 1. The van der Waals surface area contributed by atoms with Crippen LogP contribution in [-0.4, -0.2) is 18.1 Å². The average Bonchev–Trinajstić information content (AvgIpc) is 2.46. The first-order chi connectivity index (χ1) is 9.20. The van der Waals surface area contributed by atoms with Gasteiger partial charge in [0.15, 0.2) is 0 Å². The van der Waals surface area contributed by atoms with E-state index in [4.69, 9.17) is 4.74 Å². The van der Waals surface area contributed by atoms with Crippen LogP contribution < -0.4 is 0 Å². The van der Waals surface area contributed by atoms with Crippen molar-refractivity contribution in [1.82, 2.24) is 4.98 Å². The Balaban J connectivity index is 2.45. The highest BCUT2D eigenvalue weighted by Crippen LogP contribution is 2.19. The van der Waals surface area contributed by atoms with Crippen LogP contribution in [0.5, 0.6) is 0 Å². The van der Waals surface area contributed by atoms with E-state index >= 15 is 0 Å². The van der Waals surface area contributed by atoms with E-state index in [2.05, 4.69) is 4.98 Å². The Labute approximate surface area is 110 Å². The molecule has 0 fully saturated rings. The van der Waals surface area contributed by atoms with E-state index in [9.17, 15) is 9.18 Å². The zero-order valence-corrected chi connectivity index (χ0v) is 10.3. The molecule has 96 valence electrons. The van der Waals surface area contributed by atoms with Crippen LogP contribution in [0.4, 0.5) is 4.39 Å². The molecule has 2 rings (SSSR count). The summed E-state index contributed by atoms with van der Waals surface area (Å²) in [5, 5.41) is 0. The Bertz CT molecular complexity index is 591. The first-order valence-corrected chi connectivity index (χ1v) is 5.66. The van der Waals surface area contributed by atoms with Gasteiger partial charge in [0.1, 0.15) is 5.82 Å².